The van der Waals surface area contributed by atoms with E-state index >= 15 is 0 Å². The van der Waals surface area contributed by atoms with Crippen molar-refractivity contribution in [3.05, 3.63) is 22.4 Å². The summed E-state index contributed by atoms with van der Waals surface area (Å²) in [6, 6.07) is 4.96. The summed E-state index contributed by atoms with van der Waals surface area (Å²) in [5.74, 6) is 0.747. The monoisotopic (exact) mass is 348 g/mol. The first-order chi connectivity index (χ1) is 11.8. The van der Waals surface area contributed by atoms with Crippen LogP contribution >= 0.6 is 11.3 Å². The molecule has 0 radical (unpaired) electrons. The topological polar surface area (TPSA) is 41.6 Å². The van der Waals surface area contributed by atoms with Gasteiger partial charge in [0.2, 0.25) is 5.91 Å². The summed E-state index contributed by atoms with van der Waals surface area (Å²) in [6.07, 6.45) is 7.00. The highest BCUT2D eigenvalue weighted by Crippen LogP contribution is 2.46. The normalized spacial score (nSPS) is 30.8. The largest absolute Gasteiger partial charge is 0.380 e. The number of amides is 1. The first kappa shape index (κ1) is 16.6. The minimum Gasteiger partial charge on any atom is -0.380 e. The summed E-state index contributed by atoms with van der Waals surface area (Å²) < 4.78 is 5.79. The zero-order valence-corrected chi connectivity index (χ0v) is 15.2. The fourth-order valence-corrected chi connectivity index (χ4v) is 5.54. The van der Waals surface area contributed by atoms with Gasteiger partial charge < -0.3 is 10.1 Å². The van der Waals surface area contributed by atoms with Gasteiger partial charge in [0.1, 0.15) is 0 Å². The second-order valence-electron chi connectivity index (χ2n) is 7.80. The number of nitrogens with zero attached hydrogens (tertiary/aromatic N) is 1. The molecule has 1 aliphatic carbocycles. The van der Waals surface area contributed by atoms with Crippen molar-refractivity contribution in [3.63, 3.8) is 0 Å². The lowest BCUT2D eigenvalue weighted by molar-refractivity contribution is -0.123. The van der Waals surface area contributed by atoms with Gasteiger partial charge in [-0.2, -0.15) is 0 Å². The third kappa shape index (κ3) is 3.39. The Morgan fingerprint density at radius 1 is 1.42 bits per heavy atom. The Morgan fingerprint density at radius 3 is 3.08 bits per heavy atom. The maximum atomic E-state index is 12.5. The van der Waals surface area contributed by atoms with Crippen LogP contribution in [0.25, 0.3) is 0 Å². The van der Waals surface area contributed by atoms with E-state index in [1.165, 1.54) is 30.6 Å². The molecule has 0 unspecified atom stereocenters. The average molecular weight is 349 g/mol. The van der Waals surface area contributed by atoms with Crippen molar-refractivity contribution in [2.45, 2.75) is 44.6 Å². The summed E-state index contributed by atoms with van der Waals surface area (Å²) in [7, 11) is 0. The van der Waals surface area contributed by atoms with Gasteiger partial charge in [0, 0.05) is 48.3 Å². The quantitative estimate of drug-likeness (QED) is 0.859. The van der Waals surface area contributed by atoms with Crippen LogP contribution in [-0.4, -0.2) is 49.7 Å². The minimum atomic E-state index is 0.0651. The van der Waals surface area contributed by atoms with Crippen molar-refractivity contribution in [1.82, 2.24) is 10.2 Å². The maximum absolute atomic E-state index is 12.5. The number of carbonyl (C=O) groups is 1. The molecule has 3 aliphatic rings. The number of hydrogen-bond acceptors (Lipinski definition) is 4. The van der Waals surface area contributed by atoms with Gasteiger partial charge in [0.05, 0.1) is 13.2 Å². The standard InChI is InChI=1S/C19H28N2O2S/c22-18(20-8-7-17-6-3-9-24-17)10-19-13-21(16-4-1-2-5-16)11-15(19)12-23-14-19/h3,6,9,15-16H,1-2,4-5,7-8,10-14H2,(H,20,22)/t15-,19+/m1/s1. The van der Waals surface area contributed by atoms with E-state index in [2.05, 4.69) is 27.7 Å². The molecule has 3 fully saturated rings. The van der Waals surface area contributed by atoms with Crippen LogP contribution in [0.3, 0.4) is 0 Å². The number of rotatable bonds is 6. The summed E-state index contributed by atoms with van der Waals surface area (Å²) in [4.78, 5) is 16.5. The zero-order chi connectivity index (χ0) is 16.4. The molecule has 1 N–H and O–H groups in total. The summed E-state index contributed by atoms with van der Waals surface area (Å²) >= 11 is 1.76. The Labute approximate surface area is 148 Å². The third-order valence-corrected chi connectivity index (χ3v) is 7.11. The number of likely N-dealkylation sites (tertiary alicyclic amines) is 1. The molecule has 132 valence electrons. The number of fused-ring (bicyclic) bond motifs is 1. The van der Waals surface area contributed by atoms with Crippen LogP contribution in [-0.2, 0) is 16.0 Å². The Kier molecular flexibility index (Phi) is 4.93. The minimum absolute atomic E-state index is 0.0651. The van der Waals surface area contributed by atoms with Crippen LogP contribution in [0.2, 0.25) is 0 Å². The second kappa shape index (κ2) is 7.14. The van der Waals surface area contributed by atoms with E-state index < -0.39 is 0 Å². The molecule has 0 bridgehead atoms. The van der Waals surface area contributed by atoms with E-state index in [9.17, 15) is 4.79 Å². The molecule has 2 atom stereocenters. The average Bonchev–Trinajstić information content (AvgIpc) is 3.31. The molecule has 4 nitrogen and oxygen atoms in total. The molecule has 1 saturated carbocycles. The SMILES string of the molecule is O=C(C[C@]12COC[C@H]1CN(C1CCCC1)C2)NCCc1cccs1. The van der Waals surface area contributed by atoms with Gasteiger partial charge in [0.25, 0.3) is 0 Å². The van der Waals surface area contributed by atoms with Crippen molar-refractivity contribution in [3.8, 4) is 0 Å². The van der Waals surface area contributed by atoms with E-state index in [1.807, 2.05) is 0 Å². The molecule has 1 aromatic rings. The van der Waals surface area contributed by atoms with Crippen molar-refractivity contribution < 1.29 is 9.53 Å². The third-order valence-electron chi connectivity index (χ3n) is 6.17. The molecule has 5 heteroatoms. The van der Waals surface area contributed by atoms with Gasteiger partial charge in [-0.15, -0.1) is 11.3 Å². The summed E-state index contributed by atoms with van der Waals surface area (Å²) in [5.41, 5.74) is 0.0651. The van der Waals surface area contributed by atoms with Gasteiger partial charge >= 0.3 is 0 Å². The fraction of sp³-hybridized carbons (Fsp3) is 0.737. The van der Waals surface area contributed by atoms with E-state index in [1.54, 1.807) is 11.3 Å². The van der Waals surface area contributed by atoms with Crippen molar-refractivity contribution in [2.75, 3.05) is 32.8 Å². The predicted molar refractivity (Wildman–Crippen MR) is 96.2 cm³/mol. The van der Waals surface area contributed by atoms with Gasteiger partial charge in [-0.25, -0.2) is 0 Å². The predicted octanol–water partition coefficient (Wildman–Crippen LogP) is 2.69. The zero-order valence-electron chi connectivity index (χ0n) is 14.3. The molecular weight excluding hydrogens is 320 g/mol. The van der Waals surface area contributed by atoms with Gasteiger partial charge in [-0.3, -0.25) is 9.69 Å². The lowest BCUT2D eigenvalue weighted by atomic mass is 9.78. The van der Waals surface area contributed by atoms with E-state index in [-0.39, 0.29) is 11.3 Å². The molecular formula is C19H28N2O2S. The van der Waals surface area contributed by atoms with Crippen molar-refractivity contribution in [2.24, 2.45) is 11.3 Å². The molecule has 1 amide bonds. The molecule has 1 aromatic heterocycles. The molecule has 2 saturated heterocycles. The molecule has 0 aromatic carbocycles. The molecule has 4 rings (SSSR count). The summed E-state index contributed by atoms with van der Waals surface area (Å²) in [5, 5.41) is 5.22. The van der Waals surface area contributed by atoms with E-state index in [0.717, 1.165) is 45.3 Å². The summed E-state index contributed by atoms with van der Waals surface area (Å²) in [6.45, 7) is 4.53. The van der Waals surface area contributed by atoms with Crippen molar-refractivity contribution in [1.29, 1.82) is 0 Å². The van der Waals surface area contributed by atoms with Gasteiger partial charge in [-0.05, 0) is 30.7 Å². The van der Waals surface area contributed by atoms with Gasteiger partial charge in [-0.1, -0.05) is 18.9 Å². The maximum Gasteiger partial charge on any atom is 0.220 e. The van der Waals surface area contributed by atoms with Gasteiger partial charge in [0.15, 0.2) is 0 Å². The smallest absolute Gasteiger partial charge is 0.220 e. The van der Waals surface area contributed by atoms with Crippen LogP contribution in [0.4, 0.5) is 0 Å². The highest BCUT2D eigenvalue weighted by atomic mass is 32.1. The lowest BCUT2D eigenvalue weighted by Crippen LogP contribution is -2.39. The fourth-order valence-electron chi connectivity index (χ4n) is 4.83. The molecule has 2 aliphatic heterocycles. The van der Waals surface area contributed by atoms with Crippen LogP contribution in [0.5, 0.6) is 0 Å². The second-order valence-corrected chi connectivity index (χ2v) is 8.83. The van der Waals surface area contributed by atoms with Crippen LogP contribution in [0.15, 0.2) is 17.5 Å². The van der Waals surface area contributed by atoms with E-state index in [4.69, 9.17) is 4.74 Å². The van der Waals surface area contributed by atoms with Crippen LogP contribution < -0.4 is 5.32 Å². The molecule has 0 spiro atoms. The van der Waals surface area contributed by atoms with E-state index in [0.29, 0.717) is 12.3 Å². The number of ether oxygens (including phenoxy) is 1. The lowest BCUT2D eigenvalue weighted by Gasteiger charge is -2.29. The Balaban J connectivity index is 1.31. The van der Waals surface area contributed by atoms with Crippen molar-refractivity contribution >= 4 is 17.2 Å². The van der Waals surface area contributed by atoms with Crippen LogP contribution in [0.1, 0.15) is 37.0 Å². The highest BCUT2D eigenvalue weighted by Gasteiger charge is 2.52. The number of nitrogens with one attached hydrogen (secondary N) is 1. The number of thiophene rings is 1. The first-order valence-electron chi connectivity index (χ1n) is 9.36. The molecule has 3 heterocycles. The first-order valence-corrected chi connectivity index (χ1v) is 10.2. The Morgan fingerprint density at radius 2 is 2.29 bits per heavy atom. The number of hydrogen-bond donors (Lipinski definition) is 1. The Hall–Kier alpha value is -0.910. The Bertz CT molecular complexity index is 556. The molecule has 24 heavy (non-hydrogen) atoms. The number of carbonyl (C=O) groups excluding carboxylic acids is 1. The van der Waals surface area contributed by atoms with Crippen LogP contribution in [0, 0.1) is 11.3 Å². The highest BCUT2D eigenvalue weighted by molar-refractivity contribution is 7.09.